The van der Waals surface area contributed by atoms with Crippen LogP contribution >= 0.6 is 0 Å². The van der Waals surface area contributed by atoms with Gasteiger partial charge in [-0.1, -0.05) is 96.1 Å². The molecule has 0 spiro atoms. The first-order chi connectivity index (χ1) is 35.3. The molecule has 0 aromatic heterocycles. The summed E-state index contributed by atoms with van der Waals surface area (Å²) in [5.41, 5.74) is 11.6. The molecular weight excluding hydrogens is 893 g/mol. The highest BCUT2D eigenvalue weighted by Gasteiger charge is 2.49. The first kappa shape index (κ1) is 46.1. The van der Waals surface area contributed by atoms with Crippen LogP contribution in [-0.4, -0.2) is 47.9 Å². The molecule has 8 aromatic rings. The Balaban J connectivity index is 1.08. The largest absolute Gasteiger partial charge is 0.492 e. The first-order valence-corrected chi connectivity index (χ1v) is 23.7. The standard InChI is InChI=1S/C62H48N6O4/c1-43-13-25-49(26-14-43)67(51-29-17-45(41-63)18-30-51)53-33-21-47(22-34-53)59-57-58(62(70)65(59)37-39-71-55-9-5-3-6-10-55)60(66(61(57)69)38-40-72-56-11-7-4-8-12-56)48-23-35-54(36-24-48)68(50-27-15-44(2)16-28-50)52-31-19-46(42-64)20-32-52/h3-36H,37-40H2,1-2H3. The molecule has 2 amide bonds. The Labute approximate surface area is 419 Å². The first-order valence-electron chi connectivity index (χ1n) is 23.7. The number of hydrogen-bond acceptors (Lipinski definition) is 8. The second-order valence-electron chi connectivity index (χ2n) is 17.4. The number of hydrogen-bond donors (Lipinski definition) is 0. The summed E-state index contributed by atoms with van der Waals surface area (Å²) in [7, 11) is 0. The molecule has 10 heteroatoms. The zero-order chi connectivity index (χ0) is 49.6. The van der Waals surface area contributed by atoms with Gasteiger partial charge in [0, 0.05) is 34.1 Å². The number of amides is 2. The lowest BCUT2D eigenvalue weighted by molar-refractivity contribution is -0.124. The fraction of sp³-hybridized carbons (Fsp3) is 0.0968. The summed E-state index contributed by atoms with van der Waals surface area (Å²) in [6.45, 7) is 4.78. The van der Waals surface area contributed by atoms with Crippen molar-refractivity contribution in [1.82, 2.24) is 9.80 Å². The Bertz CT molecular complexity index is 3170. The van der Waals surface area contributed by atoms with Gasteiger partial charge in [-0.05, 0) is 146 Å². The van der Waals surface area contributed by atoms with Crippen LogP contribution in [0.3, 0.4) is 0 Å². The Kier molecular flexibility index (Phi) is 13.1. The van der Waals surface area contributed by atoms with Gasteiger partial charge in [-0.2, -0.15) is 10.5 Å². The van der Waals surface area contributed by atoms with Crippen molar-refractivity contribution in [2.45, 2.75) is 13.8 Å². The monoisotopic (exact) mass is 940 g/mol. The SMILES string of the molecule is Cc1ccc(N(c2ccc(C#N)cc2)c2ccc(C3=C4C(=O)N(CCOc5ccccc5)C(c5ccc(N(c6ccc(C)cc6)c6ccc(C#N)cc6)cc5)=C4C(=O)N3CCOc3ccccc3)cc2)cc1. The van der Waals surface area contributed by atoms with Gasteiger partial charge in [0.25, 0.3) is 11.8 Å². The van der Waals surface area contributed by atoms with Gasteiger partial charge in [0.1, 0.15) is 24.7 Å². The lowest BCUT2D eigenvalue weighted by Gasteiger charge is -2.28. The Morgan fingerprint density at radius 2 is 0.694 bits per heavy atom. The van der Waals surface area contributed by atoms with Crippen molar-refractivity contribution in [1.29, 1.82) is 10.5 Å². The third kappa shape index (κ3) is 9.41. The van der Waals surface area contributed by atoms with E-state index < -0.39 is 0 Å². The summed E-state index contributed by atoms with van der Waals surface area (Å²) in [5.74, 6) is 0.723. The molecule has 72 heavy (non-hydrogen) atoms. The highest BCUT2D eigenvalue weighted by Crippen LogP contribution is 2.48. The van der Waals surface area contributed by atoms with Gasteiger partial charge >= 0.3 is 0 Å². The van der Waals surface area contributed by atoms with Gasteiger partial charge < -0.3 is 29.1 Å². The highest BCUT2D eigenvalue weighted by molar-refractivity contribution is 6.30. The van der Waals surface area contributed by atoms with Crippen molar-refractivity contribution in [2.24, 2.45) is 0 Å². The number of nitriles is 2. The van der Waals surface area contributed by atoms with E-state index in [9.17, 15) is 10.5 Å². The number of nitrogens with zero attached hydrogens (tertiary/aromatic N) is 6. The molecule has 0 atom stereocenters. The highest BCUT2D eigenvalue weighted by atomic mass is 16.5. The molecule has 0 saturated carbocycles. The molecule has 0 fully saturated rings. The zero-order valence-electron chi connectivity index (χ0n) is 39.8. The van der Waals surface area contributed by atoms with E-state index in [0.717, 1.165) is 45.3 Å². The topological polar surface area (TPSA) is 113 Å². The number of ether oxygens (including phenoxy) is 2. The van der Waals surface area contributed by atoms with E-state index in [4.69, 9.17) is 9.47 Å². The van der Waals surface area contributed by atoms with E-state index in [0.29, 0.717) is 56.3 Å². The summed E-state index contributed by atoms with van der Waals surface area (Å²) in [6, 6.07) is 70.5. The second kappa shape index (κ2) is 20.5. The van der Waals surface area contributed by atoms with E-state index in [1.165, 1.54) is 0 Å². The molecule has 2 heterocycles. The van der Waals surface area contributed by atoms with Crippen LogP contribution in [-0.2, 0) is 9.59 Å². The van der Waals surface area contributed by atoms with Crippen molar-refractivity contribution in [3.8, 4) is 23.6 Å². The molecule has 0 aliphatic carbocycles. The summed E-state index contributed by atoms with van der Waals surface area (Å²) in [4.78, 5) is 38.2. The Morgan fingerprint density at radius 3 is 1.00 bits per heavy atom. The van der Waals surface area contributed by atoms with Crippen LogP contribution in [0.1, 0.15) is 33.4 Å². The normalized spacial score (nSPS) is 12.9. The van der Waals surface area contributed by atoms with Crippen LogP contribution in [0.4, 0.5) is 34.1 Å². The minimum Gasteiger partial charge on any atom is -0.492 e. The minimum absolute atomic E-state index is 0.172. The Morgan fingerprint density at radius 1 is 0.403 bits per heavy atom. The summed E-state index contributed by atoms with van der Waals surface area (Å²) in [6.07, 6.45) is 0. The average molecular weight is 941 g/mol. The van der Waals surface area contributed by atoms with Gasteiger partial charge in [-0.3, -0.25) is 9.59 Å². The number of para-hydroxylation sites is 2. The van der Waals surface area contributed by atoms with Crippen LogP contribution < -0.4 is 19.3 Å². The molecule has 0 saturated heterocycles. The number of benzene rings is 8. The molecule has 0 radical (unpaired) electrons. The van der Waals surface area contributed by atoms with Gasteiger partial charge in [0.2, 0.25) is 0 Å². The van der Waals surface area contributed by atoms with Crippen molar-refractivity contribution in [3.63, 3.8) is 0 Å². The van der Waals surface area contributed by atoms with E-state index in [2.05, 4.69) is 70.5 Å². The van der Waals surface area contributed by atoms with E-state index >= 15 is 9.59 Å². The fourth-order valence-electron chi connectivity index (χ4n) is 9.16. The maximum atomic E-state index is 15.3. The molecule has 0 bridgehead atoms. The Hall–Kier alpha value is -9.64. The fourth-order valence-corrected chi connectivity index (χ4v) is 9.16. The predicted molar refractivity (Wildman–Crippen MR) is 282 cm³/mol. The maximum absolute atomic E-state index is 15.3. The molecule has 2 aliphatic heterocycles. The second-order valence-corrected chi connectivity index (χ2v) is 17.4. The molecule has 10 rings (SSSR count). The molecular formula is C62H48N6O4. The summed E-state index contributed by atoms with van der Waals surface area (Å²) in [5, 5.41) is 19.1. The molecule has 10 nitrogen and oxygen atoms in total. The number of rotatable bonds is 16. The number of aryl methyl sites for hydroxylation is 2. The van der Waals surface area contributed by atoms with E-state index in [1.807, 2.05) is 147 Å². The van der Waals surface area contributed by atoms with Crippen molar-refractivity contribution < 1.29 is 19.1 Å². The summed E-state index contributed by atoms with van der Waals surface area (Å²) < 4.78 is 12.4. The van der Waals surface area contributed by atoms with Crippen LogP contribution in [0.5, 0.6) is 11.5 Å². The zero-order valence-corrected chi connectivity index (χ0v) is 39.8. The third-order valence-electron chi connectivity index (χ3n) is 12.7. The smallest absolute Gasteiger partial charge is 0.261 e. The van der Waals surface area contributed by atoms with Crippen molar-refractivity contribution in [3.05, 3.63) is 251 Å². The van der Waals surface area contributed by atoms with Gasteiger partial charge in [0.15, 0.2) is 0 Å². The molecule has 350 valence electrons. The van der Waals surface area contributed by atoms with E-state index in [1.54, 1.807) is 34.1 Å². The van der Waals surface area contributed by atoms with Gasteiger partial charge in [-0.15, -0.1) is 0 Å². The summed E-state index contributed by atoms with van der Waals surface area (Å²) >= 11 is 0. The number of carbonyl (C=O) groups excluding carboxylic acids is 2. The third-order valence-corrected chi connectivity index (χ3v) is 12.7. The molecule has 0 N–H and O–H groups in total. The van der Waals surface area contributed by atoms with Crippen molar-refractivity contribution >= 4 is 57.3 Å². The van der Waals surface area contributed by atoms with Gasteiger partial charge in [0.05, 0.1) is 58.9 Å². The number of anilines is 6. The number of fused-ring (bicyclic) bond motifs is 1. The van der Waals surface area contributed by atoms with Crippen LogP contribution in [0.2, 0.25) is 0 Å². The molecule has 0 unspecified atom stereocenters. The minimum atomic E-state index is -0.308. The van der Waals surface area contributed by atoms with E-state index in [-0.39, 0.29) is 38.1 Å². The lowest BCUT2D eigenvalue weighted by atomic mass is 10.0. The lowest BCUT2D eigenvalue weighted by Crippen LogP contribution is -2.34. The quantitative estimate of drug-likeness (QED) is 0.0941. The average Bonchev–Trinajstić information content (AvgIpc) is 3.87. The number of carbonyl (C=O) groups is 2. The predicted octanol–water partition coefficient (Wildman–Crippen LogP) is 13.0. The molecule has 8 aromatic carbocycles. The van der Waals surface area contributed by atoms with Crippen LogP contribution in [0.15, 0.2) is 217 Å². The molecule has 2 aliphatic rings. The van der Waals surface area contributed by atoms with Crippen LogP contribution in [0, 0.1) is 36.5 Å². The maximum Gasteiger partial charge on any atom is 0.261 e. The van der Waals surface area contributed by atoms with Crippen LogP contribution in [0.25, 0.3) is 11.4 Å². The van der Waals surface area contributed by atoms with Gasteiger partial charge in [-0.25, -0.2) is 0 Å². The van der Waals surface area contributed by atoms with Crippen molar-refractivity contribution in [2.75, 3.05) is 36.1 Å².